The molecule has 0 aliphatic rings. The molecule has 0 saturated heterocycles. The Kier molecular flexibility index (Phi) is 8.26. The van der Waals surface area contributed by atoms with Gasteiger partial charge in [0, 0.05) is 10.0 Å². The van der Waals surface area contributed by atoms with E-state index in [2.05, 4.69) is 49.0 Å². The molecule has 0 fully saturated rings. The third kappa shape index (κ3) is 5.49. The lowest BCUT2D eigenvalue weighted by Gasteiger charge is -2.16. The second kappa shape index (κ2) is 9.68. The van der Waals surface area contributed by atoms with Gasteiger partial charge in [0.15, 0.2) is 11.5 Å². The van der Waals surface area contributed by atoms with Crippen LogP contribution in [0, 0.1) is 0 Å². The monoisotopic (exact) mass is 434 g/mol. The number of nitrogens with two attached hydrogens (primary N) is 2. The van der Waals surface area contributed by atoms with E-state index in [1.165, 1.54) is 6.21 Å². The zero-order chi connectivity index (χ0) is 16.5. The third-order valence-electron chi connectivity index (χ3n) is 2.57. The number of rotatable bonds is 8. The number of halogens is 2. The maximum Gasteiger partial charge on any atom is 0.211 e. The SMILES string of the molecule is CCCCOc1c(OCC)cc(C=NN=C(N)N)c(Br)c1Br. The van der Waals surface area contributed by atoms with E-state index in [0.29, 0.717) is 24.7 Å². The van der Waals surface area contributed by atoms with E-state index in [4.69, 9.17) is 20.9 Å². The molecule has 0 spiro atoms. The summed E-state index contributed by atoms with van der Waals surface area (Å²) in [5.41, 5.74) is 11.3. The summed E-state index contributed by atoms with van der Waals surface area (Å²) in [6, 6.07) is 1.82. The maximum atomic E-state index is 5.83. The van der Waals surface area contributed by atoms with Crippen molar-refractivity contribution in [2.24, 2.45) is 21.7 Å². The van der Waals surface area contributed by atoms with Gasteiger partial charge in [-0.1, -0.05) is 13.3 Å². The molecule has 22 heavy (non-hydrogen) atoms. The number of ether oxygens (including phenoxy) is 2. The van der Waals surface area contributed by atoms with Gasteiger partial charge in [0.1, 0.15) is 0 Å². The quantitative estimate of drug-likeness (QED) is 0.283. The molecule has 8 heteroatoms. The van der Waals surface area contributed by atoms with Crippen LogP contribution in [0.25, 0.3) is 0 Å². The molecule has 1 rings (SSSR count). The van der Waals surface area contributed by atoms with E-state index in [1.807, 2.05) is 13.0 Å². The van der Waals surface area contributed by atoms with Gasteiger partial charge >= 0.3 is 0 Å². The van der Waals surface area contributed by atoms with Crippen LogP contribution >= 0.6 is 31.9 Å². The Balaban J connectivity index is 3.16. The minimum atomic E-state index is -0.101. The third-order valence-corrected chi connectivity index (χ3v) is 4.71. The molecular formula is C14H20Br2N4O2. The van der Waals surface area contributed by atoms with E-state index in [0.717, 1.165) is 27.4 Å². The summed E-state index contributed by atoms with van der Waals surface area (Å²) in [5, 5.41) is 7.40. The summed E-state index contributed by atoms with van der Waals surface area (Å²) in [6.07, 6.45) is 3.57. The van der Waals surface area contributed by atoms with Crippen molar-refractivity contribution in [3.05, 3.63) is 20.6 Å². The van der Waals surface area contributed by atoms with Crippen molar-refractivity contribution < 1.29 is 9.47 Å². The molecule has 0 aliphatic heterocycles. The molecule has 0 saturated carbocycles. The zero-order valence-corrected chi connectivity index (χ0v) is 15.8. The molecule has 4 N–H and O–H groups in total. The molecule has 0 aromatic heterocycles. The first-order chi connectivity index (χ1) is 10.5. The first-order valence-corrected chi connectivity index (χ1v) is 8.49. The van der Waals surface area contributed by atoms with E-state index in [9.17, 15) is 0 Å². The number of unbranched alkanes of at least 4 members (excludes halogenated alkanes) is 1. The van der Waals surface area contributed by atoms with Crippen LogP contribution in [0.4, 0.5) is 0 Å². The first-order valence-electron chi connectivity index (χ1n) is 6.90. The molecular weight excluding hydrogens is 416 g/mol. The number of hydrogen-bond acceptors (Lipinski definition) is 4. The van der Waals surface area contributed by atoms with Crippen molar-refractivity contribution >= 4 is 44.0 Å². The Morgan fingerprint density at radius 1 is 1.23 bits per heavy atom. The Morgan fingerprint density at radius 2 is 1.95 bits per heavy atom. The normalized spacial score (nSPS) is 10.7. The Hall–Kier alpha value is -1.28. The standard InChI is InChI=1S/C14H20Br2N4O2/c1-3-5-6-22-13-10(21-4-2)7-9(11(15)12(13)16)8-19-20-14(17)18/h7-8H,3-6H2,1-2H3,(H4,17,18,20). The van der Waals surface area contributed by atoms with Gasteiger partial charge in [-0.25, -0.2) is 0 Å². The predicted octanol–water partition coefficient (Wildman–Crippen LogP) is 3.40. The lowest BCUT2D eigenvalue weighted by molar-refractivity contribution is 0.271. The van der Waals surface area contributed by atoms with Crippen molar-refractivity contribution in [1.82, 2.24) is 0 Å². The number of hydrogen-bond donors (Lipinski definition) is 2. The summed E-state index contributed by atoms with van der Waals surface area (Å²) in [5.74, 6) is 1.21. The molecule has 0 radical (unpaired) electrons. The van der Waals surface area contributed by atoms with Gasteiger partial charge in [0.25, 0.3) is 0 Å². The molecule has 122 valence electrons. The van der Waals surface area contributed by atoms with Crippen LogP contribution < -0.4 is 20.9 Å². The minimum absolute atomic E-state index is 0.101. The van der Waals surface area contributed by atoms with E-state index in [1.54, 1.807) is 0 Å². The molecule has 0 heterocycles. The van der Waals surface area contributed by atoms with Gasteiger partial charge in [-0.15, -0.1) is 5.10 Å². The highest BCUT2D eigenvalue weighted by Crippen LogP contribution is 2.42. The van der Waals surface area contributed by atoms with Crippen LogP contribution in [-0.4, -0.2) is 25.4 Å². The van der Waals surface area contributed by atoms with Gasteiger partial charge in [-0.05, 0) is 51.3 Å². The molecule has 0 atom stereocenters. The number of benzene rings is 1. The van der Waals surface area contributed by atoms with Crippen molar-refractivity contribution in [2.45, 2.75) is 26.7 Å². The Bertz CT molecular complexity index is 558. The molecule has 1 aromatic rings. The fourth-order valence-electron chi connectivity index (χ4n) is 1.57. The highest BCUT2D eigenvalue weighted by molar-refractivity contribution is 9.13. The van der Waals surface area contributed by atoms with Gasteiger partial charge in [-0.3, -0.25) is 0 Å². The van der Waals surface area contributed by atoms with Gasteiger partial charge in [0.2, 0.25) is 5.96 Å². The van der Waals surface area contributed by atoms with E-state index in [-0.39, 0.29) is 5.96 Å². The van der Waals surface area contributed by atoms with Gasteiger partial charge in [0.05, 0.1) is 23.9 Å². The van der Waals surface area contributed by atoms with Crippen molar-refractivity contribution in [2.75, 3.05) is 13.2 Å². The average molecular weight is 436 g/mol. The zero-order valence-electron chi connectivity index (χ0n) is 12.6. The van der Waals surface area contributed by atoms with Crippen LogP contribution in [0.5, 0.6) is 11.5 Å². The van der Waals surface area contributed by atoms with E-state index >= 15 is 0 Å². The lowest BCUT2D eigenvalue weighted by atomic mass is 10.2. The van der Waals surface area contributed by atoms with Gasteiger partial charge < -0.3 is 20.9 Å². The van der Waals surface area contributed by atoms with Crippen LogP contribution in [0.1, 0.15) is 32.3 Å². The highest BCUT2D eigenvalue weighted by Gasteiger charge is 2.16. The Labute approximate surface area is 147 Å². The number of guanidine groups is 1. The molecule has 6 nitrogen and oxygen atoms in total. The fraction of sp³-hybridized carbons (Fsp3) is 0.429. The Morgan fingerprint density at radius 3 is 2.55 bits per heavy atom. The van der Waals surface area contributed by atoms with Crippen molar-refractivity contribution in [3.8, 4) is 11.5 Å². The summed E-state index contributed by atoms with van der Waals surface area (Å²) in [4.78, 5) is 0. The second-order valence-corrected chi connectivity index (χ2v) is 5.91. The fourth-order valence-corrected chi connectivity index (χ4v) is 2.51. The van der Waals surface area contributed by atoms with Crippen molar-refractivity contribution in [3.63, 3.8) is 0 Å². The highest BCUT2D eigenvalue weighted by atomic mass is 79.9. The molecule has 0 bridgehead atoms. The predicted molar refractivity (Wildman–Crippen MR) is 96.8 cm³/mol. The smallest absolute Gasteiger partial charge is 0.211 e. The number of nitrogens with zero attached hydrogens (tertiary/aromatic N) is 2. The van der Waals surface area contributed by atoms with Gasteiger partial charge in [-0.2, -0.15) is 5.10 Å². The molecule has 0 aliphatic carbocycles. The van der Waals surface area contributed by atoms with Crippen LogP contribution in [0.3, 0.4) is 0 Å². The summed E-state index contributed by atoms with van der Waals surface area (Å²) in [7, 11) is 0. The minimum Gasteiger partial charge on any atom is -0.490 e. The van der Waals surface area contributed by atoms with E-state index < -0.39 is 0 Å². The van der Waals surface area contributed by atoms with Crippen LogP contribution in [-0.2, 0) is 0 Å². The first kappa shape index (κ1) is 18.8. The summed E-state index contributed by atoms with van der Waals surface area (Å²) < 4.78 is 13.0. The lowest BCUT2D eigenvalue weighted by Crippen LogP contribution is -2.21. The summed E-state index contributed by atoms with van der Waals surface area (Å²) >= 11 is 7.03. The topological polar surface area (TPSA) is 95.2 Å². The largest absolute Gasteiger partial charge is 0.490 e. The maximum absolute atomic E-state index is 5.83. The average Bonchev–Trinajstić information content (AvgIpc) is 2.47. The second-order valence-electron chi connectivity index (χ2n) is 4.33. The van der Waals surface area contributed by atoms with Crippen LogP contribution in [0.2, 0.25) is 0 Å². The van der Waals surface area contributed by atoms with Crippen LogP contribution in [0.15, 0.2) is 25.2 Å². The summed E-state index contributed by atoms with van der Waals surface area (Å²) in [6.45, 7) is 5.19. The molecule has 0 amide bonds. The molecule has 1 aromatic carbocycles. The molecule has 0 unspecified atom stereocenters. The van der Waals surface area contributed by atoms with Crippen molar-refractivity contribution in [1.29, 1.82) is 0 Å².